The van der Waals surface area contributed by atoms with E-state index >= 15 is 0 Å². The summed E-state index contributed by atoms with van der Waals surface area (Å²) in [6, 6.07) is 13.9. The highest BCUT2D eigenvalue weighted by atomic mass is 16.5. The van der Waals surface area contributed by atoms with Crippen molar-refractivity contribution in [3.05, 3.63) is 65.7 Å². The van der Waals surface area contributed by atoms with Crippen LogP contribution in [0.4, 0.5) is 5.82 Å². The van der Waals surface area contributed by atoms with Crippen LogP contribution in [0.3, 0.4) is 0 Å². The average molecular weight is 472 g/mol. The topological polar surface area (TPSA) is 104 Å². The van der Waals surface area contributed by atoms with Gasteiger partial charge in [-0.15, -0.1) is 0 Å². The standard InChI is InChI=1S/C27H29N5O3/c28-17-21-16-20(3-4-25(21)35-23-7-12-34-13-8-23)24-6-10-29-26(31-24)14-19-5-9-30-27(15-19)32-11-1-2-22(32)18-33/h3-6,9-10,15-16,22-23,33H,1-2,7-8,11-14,18H2/t22-/m1/s1. The molecule has 2 aliphatic rings. The molecule has 35 heavy (non-hydrogen) atoms. The molecule has 0 bridgehead atoms. The molecule has 0 amide bonds. The molecule has 0 spiro atoms. The molecule has 0 aliphatic carbocycles. The second-order valence-electron chi connectivity index (χ2n) is 8.98. The van der Waals surface area contributed by atoms with Crippen molar-refractivity contribution in [1.82, 2.24) is 15.0 Å². The summed E-state index contributed by atoms with van der Waals surface area (Å²) in [5.74, 6) is 2.18. The average Bonchev–Trinajstić information content (AvgIpc) is 3.39. The summed E-state index contributed by atoms with van der Waals surface area (Å²) in [6.07, 6.45) is 7.90. The summed E-state index contributed by atoms with van der Waals surface area (Å²) in [4.78, 5) is 15.9. The van der Waals surface area contributed by atoms with Crippen molar-refractivity contribution >= 4 is 5.82 Å². The van der Waals surface area contributed by atoms with E-state index in [4.69, 9.17) is 14.5 Å². The van der Waals surface area contributed by atoms with Gasteiger partial charge in [0.05, 0.1) is 37.1 Å². The first-order valence-corrected chi connectivity index (χ1v) is 12.2. The van der Waals surface area contributed by atoms with Gasteiger partial charge in [0.2, 0.25) is 0 Å². The zero-order chi connectivity index (χ0) is 24.0. The zero-order valence-corrected chi connectivity index (χ0v) is 19.6. The number of aliphatic hydroxyl groups excluding tert-OH is 1. The maximum Gasteiger partial charge on any atom is 0.137 e. The molecule has 2 saturated heterocycles. The van der Waals surface area contributed by atoms with Crippen molar-refractivity contribution in [2.45, 2.75) is 44.2 Å². The quantitative estimate of drug-likeness (QED) is 0.558. The smallest absolute Gasteiger partial charge is 0.137 e. The molecule has 3 aromatic rings. The van der Waals surface area contributed by atoms with Gasteiger partial charge in [-0.25, -0.2) is 15.0 Å². The van der Waals surface area contributed by atoms with Gasteiger partial charge in [0.15, 0.2) is 0 Å². The minimum Gasteiger partial charge on any atom is -0.489 e. The molecule has 1 N–H and O–H groups in total. The van der Waals surface area contributed by atoms with E-state index in [1.165, 1.54) is 0 Å². The van der Waals surface area contributed by atoms with Crippen molar-refractivity contribution in [3.8, 4) is 23.1 Å². The summed E-state index contributed by atoms with van der Waals surface area (Å²) in [6.45, 7) is 2.42. The van der Waals surface area contributed by atoms with Gasteiger partial charge >= 0.3 is 0 Å². The van der Waals surface area contributed by atoms with Gasteiger partial charge < -0.3 is 19.5 Å². The number of nitriles is 1. The summed E-state index contributed by atoms with van der Waals surface area (Å²) in [7, 11) is 0. The third-order valence-corrected chi connectivity index (χ3v) is 6.62. The van der Waals surface area contributed by atoms with E-state index in [2.05, 4.69) is 27.0 Å². The SMILES string of the molecule is N#Cc1cc(-c2ccnc(Cc3ccnc(N4CCC[C@@H]4CO)c3)n2)ccc1OC1CCOCC1. The van der Waals surface area contributed by atoms with Crippen LogP contribution in [-0.4, -0.2) is 58.6 Å². The molecule has 2 aliphatic heterocycles. The Morgan fingerprint density at radius 1 is 1.09 bits per heavy atom. The maximum absolute atomic E-state index is 9.71. The number of anilines is 1. The van der Waals surface area contributed by atoms with E-state index in [0.29, 0.717) is 36.8 Å². The Hall–Kier alpha value is -3.54. The zero-order valence-electron chi connectivity index (χ0n) is 19.6. The molecule has 0 saturated carbocycles. The number of aromatic nitrogens is 3. The van der Waals surface area contributed by atoms with E-state index in [9.17, 15) is 10.4 Å². The number of rotatable bonds is 7. The van der Waals surface area contributed by atoms with E-state index in [1.54, 1.807) is 12.4 Å². The lowest BCUT2D eigenvalue weighted by Crippen LogP contribution is -2.32. The molecule has 2 fully saturated rings. The fraction of sp³-hybridized carbons (Fsp3) is 0.407. The molecule has 2 aromatic heterocycles. The second-order valence-corrected chi connectivity index (χ2v) is 8.98. The number of ether oxygens (including phenoxy) is 2. The molecule has 8 nitrogen and oxygen atoms in total. The lowest BCUT2D eigenvalue weighted by atomic mass is 10.1. The van der Waals surface area contributed by atoms with Gasteiger partial charge in [-0.3, -0.25) is 0 Å². The lowest BCUT2D eigenvalue weighted by Gasteiger charge is -2.24. The first-order valence-electron chi connectivity index (χ1n) is 12.2. The molecule has 0 radical (unpaired) electrons. The highest BCUT2D eigenvalue weighted by Gasteiger charge is 2.25. The summed E-state index contributed by atoms with van der Waals surface area (Å²) in [5.41, 5.74) is 3.17. The van der Waals surface area contributed by atoms with Gasteiger partial charge in [0.25, 0.3) is 0 Å². The highest BCUT2D eigenvalue weighted by Crippen LogP contribution is 2.28. The molecule has 180 valence electrons. The van der Waals surface area contributed by atoms with Gasteiger partial charge in [-0.1, -0.05) is 0 Å². The molecule has 8 heteroatoms. The van der Waals surface area contributed by atoms with Crippen molar-refractivity contribution in [3.63, 3.8) is 0 Å². The summed E-state index contributed by atoms with van der Waals surface area (Å²) >= 11 is 0. The van der Waals surface area contributed by atoms with Crippen molar-refractivity contribution in [2.75, 3.05) is 31.3 Å². The van der Waals surface area contributed by atoms with E-state index in [1.807, 2.05) is 30.3 Å². The molecular formula is C27H29N5O3. The Balaban J connectivity index is 1.33. The van der Waals surface area contributed by atoms with E-state index in [0.717, 1.165) is 54.9 Å². The van der Waals surface area contributed by atoms with Crippen LogP contribution in [0.5, 0.6) is 5.75 Å². The molecular weight excluding hydrogens is 442 g/mol. The lowest BCUT2D eigenvalue weighted by molar-refractivity contribution is 0.0254. The van der Waals surface area contributed by atoms with E-state index < -0.39 is 0 Å². The molecule has 4 heterocycles. The van der Waals surface area contributed by atoms with Crippen LogP contribution in [-0.2, 0) is 11.2 Å². The third-order valence-electron chi connectivity index (χ3n) is 6.62. The Kier molecular flexibility index (Phi) is 7.17. The predicted octanol–water partition coefficient (Wildman–Crippen LogP) is 3.52. The van der Waals surface area contributed by atoms with Crippen LogP contribution in [0.15, 0.2) is 48.8 Å². The van der Waals surface area contributed by atoms with E-state index in [-0.39, 0.29) is 18.8 Å². The van der Waals surface area contributed by atoms with Gasteiger partial charge in [0.1, 0.15) is 29.6 Å². The van der Waals surface area contributed by atoms with Gasteiger partial charge in [-0.2, -0.15) is 5.26 Å². The number of nitrogens with zero attached hydrogens (tertiary/aromatic N) is 5. The summed E-state index contributed by atoms with van der Waals surface area (Å²) in [5, 5.41) is 19.4. The van der Waals surface area contributed by atoms with Crippen molar-refractivity contribution in [1.29, 1.82) is 5.26 Å². The number of aliphatic hydroxyl groups is 1. The first-order chi connectivity index (χ1) is 17.2. The van der Waals surface area contributed by atoms with Crippen LogP contribution >= 0.6 is 0 Å². The normalized spacial score (nSPS) is 18.4. The van der Waals surface area contributed by atoms with Crippen LogP contribution in [0, 0.1) is 11.3 Å². The molecule has 0 unspecified atom stereocenters. The number of benzene rings is 1. The fourth-order valence-corrected chi connectivity index (χ4v) is 4.74. The second kappa shape index (κ2) is 10.8. The molecule has 5 rings (SSSR count). The Morgan fingerprint density at radius 3 is 2.77 bits per heavy atom. The van der Waals surface area contributed by atoms with Crippen LogP contribution in [0.2, 0.25) is 0 Å². The monoisotopic (exact) mass is 471 g/mol. The number of hydrogen-bond donors (Lipinski definition) is 1. The third kappa shape index (κ3) is 5.42. The highest BCUT2D eigenvalue weighted by molar-refractivity contribution is 5.64. The van der Waals surface area contributed by atoms with Crippen molar-refractivity contribution in [2.24, 2.45) is 0 Å². The Bertz CT molecular complexity index is 1210. The summed E-state index contributed by atoms with van der Waals surface area (Å²) < 4.78 is 11.5. The van der Waals surface area contributed by atoms with Crippen LogP contribution in [0.25, 0.3) is 11.3 Å². The molecule has 1 aromatic carbocycles. The minimum atomic E-state index is 0.0748. The molecule has 1 atom stereocenters. The minimum absolute atomic E-state index is 0.0748. The van der Waals surface area contributed by atoms with Gasteiger partial charge in [0, 0.05) is 43.8 Å². The first kappa shape index (κ1) is 23.2. The van der Waals surface area contributed by atoms with Crippen LogP contribution in [0.1, 0.15) is 42.6 Å². The number of pyridine rings is 1. The maximum atomic E-state index is 9.71. The largest absolute Gasteiger partial charge is 0.489 e. The Morgan fingerprint density at radius 2 is 1.94 bits per heavy atom. The van der Waals surface area contributed by atoms with Gasteiger partial charge in [-0.05, 0) is 54.8 Å². The fourth-order valence-electron chi connectivity index (χ4n) is 4.74. The Labute approximate surface area is 205 Å². The number of hydrogen-bond acceptors (Lipinski definition) is 8. The predicted molar refractivity (Wildman–Crippen MR) is 131 cm³/mol. The van der Waals surface area contributed by atoms with Crippen LogP contribution < -0.4 is 9.64 Å². The van der Waals surface area contributed by atoms with Crippen molar-refractivity contribution < 1.29 is 14.6 Å².